The van der Waals surface area contributed by atoms with E-state index in [9.17, 15) is 3.44 Å². The molecule has 140 valence electrons. The Labute approximate surface area is 167 Å². The molecule has 1 aliphatic carbocycles. The van der Waals surface area contributed by atoms with Crippen molar-refractivity contribution in [3.8, 4) is 11.4 Å². The molecule has 0 spiro atoms. The molecule has 1 aliphatic rings. The van der Waals surface area contributed by atoms with E-state index in [1.165, 1.54) is 0 Å². The number of fused-ring (bicyclic) bond motifs is 2. The molecule has 3 heterocycles. The SMILES string of the molecule is Nc1nccn2c(C3CCC([I-]O)CC3)nc(-c3cc4ccccc4[nH]3)c12. The zero-order valence-electron chi connectivity index (χ0n) is 14.8. The van der Waals surface area contributed by atoms with E-state index in [1.807, 2.05) is 18.3 Å². The molecule has 0 saturated heterocycles. The topological polar surface area (TPSA) is 92.2 Å². The molecule has 4 N–H and O–H groups in total. The number of nitrogens with zero attached hydrogens (tertiary/aromatic N) is 3. The summed E-state index contributed by atoms with van der Waals surface area (Å²) in [5, 5.41) is 1.16. The Kier molecular flexibility index (Phi) is 4.28. The molecular formula is C20H21IN5O-. The van der Waals surface area contributed by atoms with Crippen molar-refractivity contribution in [2.75, 3.05) is 5.73 Å². The summed E-state index contributed by atoms with van der Waals surface area (Å²) in [6, 6.07) is 10.3. The van der Waals surface area contributed by atoms with Gasteiger partial charge >= 0.3 is 168 Å². The van der Waals surface area contributed by atoms with Crippen molar-refractivity contribution in [3.05, 3.63) is 48.5 Å². The van der Waals surface area contributed by atoms with Crippen LogP contribution in [0.5, 0.6) is 0 Å². The van der Waals surface area contributed by atoms with Crippen molar-refractivity contribution >= 4 is 22.2 Å². The number of nitrogen functional groups attached to an aromatic ring is 1. The second-order valence-electron chi connectivity index (χ2n) is 7.17. The Morgan fingerprint density at radius 3 is 2.78 bits per heavy atom. The van der Waals surface area contributed by atoms with Gasteiger partial charge in [0, 0.05) is 0 Å². The fraction of sp³-hybridized carbons (Fsp3) is 0.300. The normalized spacial score (nSPS) is 20.6. The maximum absolute atomic E-state index is 9.54. The standard InChI is InChI=1S/C20H21IN5O/c22-19-18-17(16-11-13-3-1-2-4-15(13)24-16)25-20(26(18)10-9-23-19)12-5-7-14(21-27)8-6-12/h1-4,9-12,14,24,27H,5-8H2,(H2,22,23)/q-1. The number of alkyl halides is 1. The molecule has 3 aromatic heterocycles. The molecule has 5 rings (SSSR count). The van der Waals surface area contributed by atoms with Crippen LogP contribution >= 0.6 is 0 Å². The molecule has 0 atom stereocenters. The van der Waals surface area contributed by atoms with Gasteiger partial charge in [-0.25, -0.2) is 0 Å². The molecule has 27 heavy (non-hydrogen) atoms. The Balaban J connectivity index is 1.65. The molecule has 1 fully saturated rings. The van der Waals surface area contributed by atoms with Gasteiger partial charge in [-0.15, -0.1) is 0 Å². The number of benzene rings is 1. The fourth-order valence-electron chi connectivity index (χ4n) is 4.17. The molecule has 7 heteroatoms. The van der Waals surface area contributed by atoms with Crippen molar-refractivity contribution in [3.63, 3.8) is 0 Å². The molecule has 4 aromatic rings. The van der Waals surface area contributed by atoms with Crippen LogP contribution in [0, 0.1) is 0 Å². The fourth-order valence-corrected chi connectivity index (χ4v) is 5.45. The Bertz CT molecular complexity index is 1080. The molecule has 0 bridgehead atoms. The van der Waals surface area contributed by atoms with E-state index >= 15 is 0 Å². The number of aromatic amines is 1. The van der Waals surface area contributed by atoms with Crippen LogP contribution in [0.3, 0.4) is 0 Å². The summed E-state index contributed by atoms with van der Waals surface area (Å²) in [6.45, 7) is 0. The average Bonchev–Trinajstić information content (AvgIpc) is 3.30. The van der Waals surface area contributed by atoms with Crippen LogP contribution in [-0.4, -0.2) is 26.7 Å². The monoisotopic (exact) mass is 474 g/mol. The summed E-state index contributed by atoms with van der Waals surface area (Å²) in [5.41, 5.74) is 10.1. The van der Waals surface area contributed by atoms with E-state index in [0.717, 1.165) is 59.3 Å². The molecular weight excluding hydrogens is 453 g/mol. The first kappa shape index (κ1) is 17.0. The number of para-hydroxylation sites is 1. The average molecular weight is 474 g/mol. The van der Waals surface area contributed by atoms with Crippen LogP contribution in [-0.2, 0) is 0 Å². The summed E-state index contributed by atoms with van der Waals surface area (Å²) in [5.74, 6) is 1.95. The maximum atomic E-state index is 9.54. The van der Waals surface area contributed by atoms with Crippen molar-refractivity contribution < 1.29 is 25.1 Å². The quantitative estimate of drug-likeness (QED) is 0.298. The van der Waals surface area contributed by atoms with Crippen molar-refractivity contribution in [2.45, 2.75) is 35.5 Å². The van der Waals surface area contributed by atoms with Gasteiger partial charge in [-0.1, -0.05) is 0 Å². The van der Waals surface area contributed by atoms with Gasteiger partial charge in [0.05, 0.1) is 0 Å². The third kappa shape index (κ3) is 2.89. The van der Waals surface area contributed by atoms with Crippen LogP contribution in [0.1, 0.15) is 37.4 Å². The number of halogens is 1. The molecule has 1 aromatic carbocycles. The number of anilines is 1. The minimum absolute atomic E-state index is 0.393. The van der Waals surface area contributed by atoms with Gasteiger partial charge in [-0.2, -0.15) is 0 Å². The van der Waals surface area contributed by atoms with Crippen LogP contribution in [0.25, 0.3) is 27.8 Å². The summed E-state index contributed by atoms with van der Waals surface area (Å²) < 4.78 is 12.2. The second-order valence-corrected chi connectivity index (χ2v) is 9.49. The van der Waals surface area contributed by atoms with Crippen molar-refractivity contribution in [1.82, 2.24) is 19.4 Å². The third-order valence-corrected chi connectivity index (χ3v) is 7.59. The molecule has 0 aliphatic heterocycles. The number of nitrogens with two attached hydrogens (primary N) is 1. The van der Waals surface area contributed by atoms with Gasteiger partial charge in [0.25, 0.3) is 0 Å². The van der Waals surface area contributed by atoms with E-state index in [-0.39, 0.29) is 0 Å². The first-order valence-electron chi connectivity index (χ1n) is 9.22. The molecule has 0 unspecified atom stereocenters. The number of aromatic nitrogens is 4. The predicted octanol–water partition coefficient (Wildman–Crippen LogP) is 0.482. The summed E-state index contributed by atoms with van der Waals surface area (Å²) in [6.07, 6.45) is 8.02. The van der Waals surface area contributed by atoms with E-state index < -0.39 is 21.6 Å². The van der Waals surface area contributed by atoms with Crippen molar-refractivity contribution in [2.24, 2.45) is 0 Å². The second kappa shape index (κ2) is 6.79. The Hall–Kier alpha value is -2.13. The van der Waals surface area contributed by atoms with Gasteiger partial charge < -0.3 is 0 Å². The summed E-state index contributed by atoms with van der Waals surface area (Å²) in [4.78, 5) is 12.8. The Morgan fingerprint density at radius 2 is 2.00 bits per heavy atom. The van der Waals surface area contributed by atoms with Crippen LogP contribution in [0.15, 0.2) is 42.7 Å². The van der Waals surface area contributed by atoms with E-state index in [2.05, 4.69) is 32.6 Å². The number of nitrogens with one attached hydrogen (secondary N) is 1. The number of H-pyrrole nitrogens is 1. The van der Waals surface area contributed by atoms with E-state index in [1.54, 1.807) is 6.20 Å². The van der Waals surface area contributed by atoms with Gasteiger partial charge in [0.2, 0.25) is 0 Å². The number of hydrogen-bond donors (Lipinski definition) is 3. The third-order valence-electron chi connectivity index (χ3n) is 5.56. The first-order chi connectivity index (χ1) is 13.2. The first-order valence-corrected chi connectivity index (χ1v) is 11.4. The van der Waals surface area contributed by atoms with E-state index in [4.69, 9.17) is 10.7 Å². The van der Waals surface area contributed by atoms with Gasteiger partial charge in [0.1, 0.15) is 0 Å². The number of imidazole rings is 1. The Morgan fingerprint density at radius 1 is 1.19 bits per heavy atom. The number of hydrogen-bond acceptors (Lipinski definition) is 4. The molecule has 0 amide bonds. The van der Waals surface area contributed by atoms with Gasteiger partial charge in [0.15, 0.2) is 0 Å². The zero-order chi connectivity index (χ0) is 18.4. The van der Waals surface area contributed by atoms with Crippen LogP contribution < -0.4 is 27.4 Å². The minimum atomic E-state index is -0.650. The number of rotatable bonds is 3. The van der Waals surface area contributed by atoms with Gasteiger partial charge in [-0.05, 0) is 0 Å². The molecule has 0 radical (unpaired) electrons. The predicted molar refractivity (Wildman–Crippen MR) is 102 cm³/mol. The molecule has 6 nitrogen and oxygen atoms in total. The van der Waals surface area contributed by atoms with E-state index in [0.29, 0.717) is 15.7 Å². The van der Waals surface area contributed by atoms with Gasteiger partial charge in [-0.3, -0.25) is 0 Å². The summed E-state index contributed by atoms with van der Waals surface area (Å²) >= 11 is -0.650. The molecule has 1 saturated carbocycles. The van der Waals surface area contributed by atoms with Crippen LogP contribution in [0.2, 0.25) is 0 Å². The van der Waals surface area contributed by atoms with Crippen LogP contribution in [0.4, 0.5) is 5.82 Å². The summed E-state index contributed by atoms with van der Waals surface area (Å²) in [7, 11) is 0. The zero-order valence-corrected chi connectivity index (χ0v) is 16.9. The van der Waals surface area contributed by atoms with Crippen molar-refractivity contribution in [1.29, 1.82) is 0 Å².